The highest BCUT2D eigenvalue weighted by molar-refractivity contribution is 7.91. The first kappa shape index (κ1) is 19.3. The first-order valence-electron chi connectivity index (χ1n) is 9.12. The second-order valence-corrected chi connectivity index (χ2v) is 10.1. The van der Waals surface area contributed by atoms with Crippen LogP contribution < -0.4 is 10.9 Å². The minimum atomic E-state index is -3.55. The molecule has 1 aliphatic heterocycles. The van der Waals surface area contributed by atoms with Crippen LogP contribution in [0.5, 0.6) is 0 Å². The Kier molecular flexibility index (Phi) is 6.31. The van der Waals surface area contributed by atoms with Crippen LogP contribution in [0.15, 0.2) is 21.7 Å². The monoisotopic (exact) mass is 399 g/mol. The van der Waals surface area contributed by atoms with Gasteiger partial charge in [-0.3, -0.25) is 20.4 Å². The second-order valence-electron chi connectivity index (χ2n) is 6.95. The van der Waals surface area contributed by atoms with E-state index in [0.717, 1.165) is 32.1 Å². The van der Waals surface area contributed by atoms with Gasteiger partial charge in [0.2, 0.25) is 11.8 Å². The van der Waals surface area contributed by atoms with Crippen molar-refractivity contribution < 1.29 is 18.0 Å². The van der Waals surface area contributed by atoms with Crippen molar-refractivity contribution in [2.45, 2.75) is 49.2 Å². The van der Waals surface area contributed by atoms with Crippen molar-refractivity contribution in [3.05, 3.63) is 17.5 Å². The average molecular weight is 400 g/mol. The Morgan fingerprint density at radius 3 is 2.31 bits per heavy atom. The Bertz CT molecular complexity index is 727. The van der Waals surface area contributed by atoms with Crippen LogP contribution in [0.25, 0.3) is 0 Å². The quantitative estimate of drug-likeness (QED) is 0.756. The van der Waals surface area contributed by atoms with Gasteiger partial charge in [0.1, 0.15) is 4.21 Å². The van der Waals surface area contributed by atoms with E-state index in [2.05, 4.69) is 10.9 Å². The molecule has 7 nitrogen and oxygen atoms in total. The van der Waals surface area contributed by atoms with Crippen molar-refractivity contribution in [3.8, 4) is 0 Å². The Morgan fingerprint density at radius 1 is 1.00 bits per heavy atom. The van der Waals surface area contributed by atoms with Gasteiger partial charge in [-0.25, -0.2) is 8.42 Å². The van der Waals surface area contributed by atoms with E-state index in [4.69, 9.17) is 0 Å². The minimum Gasteiger partial charge on any atom is -0.273 e. The maximum absolute atomic E-state index is 12.6. The van der Waals surface area contributed by atoms with Crippen molar-refractivity contribution in [2.75, 3.05) is 13.1 Å². The summed E-state index contributed by atoms with van der Waals surface area (Å²) < 4.78 is 26.9. The van der Waals surface area contributed by atoms with E-state index in [9.17, 15) is 18.0 Å². The number of thiophene rings is 1. The number of amides is 2. The lowest BCUT2D eigenvalue weighted by Crippen LogP contribution is -2.51. The molecule has 0 unspecified atom stereocenters. The van der Waals surface area contributed by atoms with E-state index in [0.29, 0.717) is 23.6 Å². The largest absolute Gasteiger partial charge is 0.273 e. The van der Waals surface area contributed by atoms with Crippen LogP contribution in [0, 0.1) is 11.8 Å². The molecule has 0 aromatic carbocycles. The van der Waals surface area contributed by atoms with Crippen LogP contribution in [-0.4, -0.2) is 37.6 Å². The Balaban J connectivity index is 1.54. The van der Waals surface area contributed by atoms with Gasteiger partial charge in [0.15, 0.2) is 0 Å². The summed E-state index contributed by atoms with van der Waals surface area (Å²) in [4.78, 5) is 24.5. The van der Waals surface area contributed by atoms with Gasteiger partial charge in [-0.05, 0) is 37.1 Å². The molecule has 9 heteroatoms. The van der Waals surface area contributed by atoms with Crippen molar-refractivity contribution in [2.24, 2.45) is 11.8 Å². The average Bonchev–Trinajstić information content (AvgIpc) is 3.22. The zero-order valence-corrected chi connectivity index (χ0v) is 16.3. The van der Waals surface area contributed by atoms with E-state index >= 15 is 0 Å². The fourth-order valence-corrected chi connectivity index (χ4v) is 6.27. The van der Waals surface area contributed by atoms with Gasteiger partial charge in [0, 0.05) is 19.0 Å². The predicted octanol–water partition coefficient (Wildman–Crippen LogP) is 1.88. The number of hydrogen-bond acceptors (Lipinski definition) is 5. The lowest BCUT2D eigenvalue weighted by Gasteiger charge is -2.31. The normalized spacial score (nSPS) is 22.7. The number of carbonyl (C=O) groups excluding carboxylic acids is 2. The van der Waals surface area contributed by atoms with E-state index in [-0.39, 0.29) is 24.3 Å². The lowest BCUT2D eigenvalue weighted by molar-refractivity contribution is -0.134. The molecule has 1 aromatic heterocycles. The van der Waals surface area contributed by atoms with Crippen LogP contribution >= 0.6 is 11.3 Å². The number of hydrazine groups is 1. The summed E-state index contributed by atoms with van der Waals surface area (Å²) in [5.41, 5.74) is 5.03. The maximum Gasteiger partial charge on any atom is 0.252 e. The molecule has 1 atom stereocenters. The molecule has 2 amide bonds. The lowest BCUT2D eigenvalue weighted by atomic mass is 9.89. The van der Waals surface area contributed by atoms with Gasteiger partial charge in [0.25, 0.3) is 10.0 Å². The molecule has 0 radical (unpaired) electrons. The molecule has 0 bridgehead atoms. The van der Waals surface area contributed by atoms with Gasteiger partial charge in [-0.2, -0.15) is 4.31 Å². The minimum absolute atomic E-state index is 0.0360. The predicted molar refractivity (Wildman–Crippen MR) is 98.7 cm³/mol. The standard InChI is InChI=1S/C17H25N3O4S2/c21-16(13-6-2-1-3-7-13)18-19-17(22)14-8-4-10-20(12-14)26(23,24)15-9-5-11-25-15/h5,9,11,13-14H,1-4,6-8,10,12H2,(H,18,21)(H,19,22)/t14-/m0/s1. The van der Waals surface area contributed by atoms with Gasteiger partial charge < -0.3 is 0 Å². The van der Waals surface area contributed by atoms with Crippen LogP contribution in [0.3, 0.4) is 0 Å². The third-order valence-corrected chi connectivity index (χ3v) is 8.37. The van der Waals surface area contributed by atoms with Crippen molar-refractivity contribution in [1.82, 2.24) is 15.2 Å². The Hall–Kier alpha value is -1.45. The zero-order chi connectivity index (χ0) is 18.6. The Morgan fingerprint density at radius 2 is 1.65 bits per heavy atom. The van der Waals surface area contributed by atoms with Crippen molar-refractivity contribution >= 4 is 33.2 Å². The van der Waals surface area contributed by atoms with Gasteiger partial charge >= 0.3 is 0 Å². The highest BCUT2D eigenvalue weighted by atomic mass is 32.2. The van der Waals surface area contributed by atoms with Gasteiger partial charge in [0.05, 0.1) is 5.92 Å². The second kappa shape index (κ2) is 8.49. The SMILES string of the molecule is O=C(NNC(=O)[C@H]1CCCN(S(=O)(=O)c2cccs2)C1)C1CCCCC1. The van der Waals surface area contributed by atoms with E-state index < -0.39 is 15.9 Å². The molecule has 1 aliphatic carbocycles. The first-order valence-corrected chi connectivity index (χ1v) is 11.4. The number of nitrogens with zero attached hydrogens (tertiary/aromatic N) is 1. The molecule has 2 aliphatic rings. The number of carbonyl (C=O) groups is 2. The van der Waals surface area contributed by atoms with E-state index in [1.807, 2.05) is 0 Å². The third-order valence-electron chi connectivity index (χ3n) is 5.13. The zero-order valence-electron chi connectivity index (χ0n) is 14.6. The van der Waals surface area contributed by atoms with E-state index in [1.165, 1.54) is 15.6 Å². The highest BCUT2D eigenvalue weighted by Crippen LogP contribution is 2.26. The van der Waals surface area contributed by atoms with Crippen molar-refractivity contribution in [1.29, 1.82) is 0 Å². The topological polar surface area (TPSA) is 95.6 Å². The summed E-state index contributed by atoms with van der Waals surface area (Å²) in [7, 11) is -3.55. The summed E-state index contributed by atoms with van der Waals surface area (Å²) in [6, 6.07) is 3.28. The molecule has 3 rings (SSSR count). The van der Waals surface area contributed by atoms with Crippen LogP contribution in [0.2, 0.25) is 0 Å². The van der Waals surface area contributed by atoms with Gasteiger partial charge in [-0.15, -0.1) is 11.3 Å². The number of nitrogens with one attached hydrogen (secondary N) is 2. The number of rotatable bonds is 4. The fraction of sp³-hybridized carbons (Fsp3) is 0.647. The molecule has 26 heavy (non-hydrogen) atoms. The molecule has 2 heterocycles. The highest BCUT2D eigenvalue weighted by Gasteiger charge is 2.34. The molecule has 0 spiro atoms. The number of piperidine rings is 1. The Labute approximate surface area is 158 Å². The summed E-state index contributed by atoms with van der Waals surface area (Å²) in [6.07, 6.45) is 6.21. The number of hydrogen-bond donors (Lipinski definition) is 2. The van der Waals surface area contributed by atoms with Crippen LogP contribution in [0.4, 0.5) is 0 Å². The summed E-state index contributed by atoms with van der Waals surface area (Å²) >= 11 is 1.18. The molecular weight excluding hydrogens is 374 g/mol. The van der Waals surface area contributed by atoms with Crippen LogP contribution in [0.1, 0.15) is 44.9 Å². The summed E-state index contributed by atoms with van der Waals surface area (Å²) in [6.45, 7) is 0.559. The van der Waals surface area contributed by atoms with Crippen LogP contribution in [-0.2, 0) is 19.6 Å². The molecule has 2 fully saturated rings. The van der Waals surface area contributed by atoms with Gasteiger partial charge in [-0.1, -0.05) is 25.3 Å². The molecular formula is C17H25N3O4S2. The summed E-state index contributed by atoms with van der Waals surface area (Å²) in [5.74, 6) is -0.951. The van der Waals surface area contributed by atoms with E-state index in [1.54, 1.807) is 17.5 Å². The third kappa shape index (κ3) is 4.44. The smallest absolute Gasteiger partial charge is 0.252 e. The molecule has 2 N–H and O–H groups in total. The summed E-state index contributed by atoms with van der Waals surface area (Å²) in [5, 5.41) is 1.72. The molecule has 144 valence electrons. The number of sulfonamides is 1. The first-order chi connectivity index (χ1) is 12.5. The fourth-order valence-electron chi connectivity index (χ4n) is 3.60. The maximum atomic E-state index is 12.6. The molecule has 1 saturated carbocycles. The molecule has 1 aromatic rings. The molecule has 1 saturated heterocycles. The van der Waals surface area contributed by atoms with Crippen molar-refractivity contribution in [3.63, 3.8) is 0 Å².